The van der Waals surface area contributed by atoms with Crippen LogP contribution >= 0.6 is 0 Å². The van der Waals surface area contributed by atoms with Gasteiger partial charge in [-0.3, -0.25) is 4.79 Å². The Hall–Kier alpha value is -3.29. The summed E-state index contributed by atoms with van der Waals surface area (Å²) >= 11 is 0. The summed E-state index contributed by atoms with van der Waals surface area (Å²) in [5.41, 5.74) is 2.22. The average molecular weight is 372 g/mol. The van der Waals surface area contributed by atoms with E-state index >= 15 is 0 Å². The van der Waals surface area contributed by atoms with Crippen molar-refractivity contribution in [3.63, 3.8) is 0 Å². The maximum Gasteiger partial charge on any atom is 0.344 e. The lowest BCUT2D eigenvalue weighted by Crippen LogP contribution is -2.20. The number of ketones is 1. The van der Waals surface area contributed by atoms with E-state index in [1.165, 1.54) is 0 Å². The van der Waals surface area contributed by atoms with Gasteiger partial charge in [0.15, 0.2) is 13.2 Å². The quantitative estimate of drug-likeness (QED) is 0.443. The van der Waals surface area contributed by atoms with Crippen LogP contribution in [0, 0.1) is 20.8 Å². The van der Waals surface area contributed by atoms with E-state index in [0.717, 1.165) is 17.1 Å². The topological polar surface area (TPSA) is 96.7 Å². The minimum atomic E-state index is -0.659. The molecular weight excluding hydrogens is 352 g/mol. The Morgan fingerprint density at radius 1 is 1.19 bits per heavy atom. The van der Waals surface area contributed by atoms with E-state index in [0.29, 0.717) is 17.9 Å². The van der Waals surface area contributed by atoms with Gasteiger partial charge in [0.2, 0.25) is 5.78 Å². The van der Waals surface area contributed by atoms with Crippen LogP contribution in [0.3, 0.4) is 0 Å². The lowest BCUT2D eigenvalue weighted by molar-refractivity contribution is -0.144. The van der Waals surface area contributed by atoms with Gasteiger partial charge in [0.25, 0.3) is 5.88 Å². The zero-order chi connectivity index (χ0) is 19.4. The molecule has 0 aliphatic carbocycles. The number of hydrogen-bond donors (Lipinski definition) is 0. The van der Waals surface area contributed by atoms with Gasteiger partial charge in [-0.05, 0) is 44.1 Å². The summed E-state index contributed by atoms with van der Waals surface area (Å²) in [5, 5.41) is 3.60. The molecule has 0 saturated carbocycles. The molecule has 3 aromatic rings. The maximum absolute atomic E-state index is 12.4. The lowest BCUT2D eigenvalue weighted by atomic mass is 10.1. The fourth-order valence-electron chi connectivity index (χ4n) is 2.70. The van der Waals surface area contributed by atoms with Crippen molar-refractivity contribution in [2.45, 2.75) is 27.3 Å². The van der Waals surface area contributed by atoms with Crippen LogP contribution in [-0.2, 0) is 16.1 Å². The smallest absolute Gasteiger partial charge is 0.344 e. The van der Waals surface area contributed by atoms with Crippen molar-refractivity contribution >= 4 is 11.8 Å². The number of hydrogen-bond acceptors (Lipinski definition) is 7. The van der Waals surface area contributed by atoms with E-state index in [1.54, 1.807) is 25.3 Å². The van der Waals surface area contributed by atoms with Gasteiger partial charge in [-0.15, -0.1) is 0 Å². The molecule has 8 heteroatoms. The lowest BCUT2D eigenvalue weighted by Gasteiger charge is -2.08. The molecule has 3 aromatic heterocycles. The molecule has 0 spiro atoms. The van der Waals surface area contributed by atoms with Crippen LogP contribution in [-0.4, -0.2) is 34.7 Å². The first-order valence-corrected chi connectivity index (χ1v) is 8.38. The number of rotatable bonds is 8. The Labute approximate surface area is 155 Å². The van der Waals surface area contributed by atoms with Crippen LogP contribution in [0.5, 0.6) is 5.88 Å². The zero-order valence-electron chi connectivity index (χ0n) is 15.4. The predicted octanol–water partition coefficient (Wildman–Crippen LogP) is 2.85. The summed E-state index contributed by atoms with van der Waals surface area (Å²) in [5.74, 6) is 0.617. The number of carbonyl (C=O) groups is 2. The molecule has 0 fully saturated rings. The molecule has 0 N–H and O–H groups in total. The summed E-state index contributed by atoms with van der Waals surface area (Å²) < 4.78 is 22.3. The molecule has 142 valence electrons. The molecule has 0 bridgehead atoms. The molecule has 0 aliphatic rings. The number of Topliss-reactive ketones (excluding diaryl/α,β-unsaturated/α-hetero) is 1. The summed E-state index contributed by atoms with van der Waals surface area (Å²) in [4.78, 5) is 24.2. The van der Waals surface area contributed by atoms with E-state index < -0.39 is 5.97 Å². The summed E-state index contributed by atoms with van der Waals surface area (Å²) in [6.45, 7) is 5.29. The second-order valence-electron chi connectivity index (χ2n) is 6.10. The van der Waals surface area contributed by atoms with E-state index in [1.807, 2.05) is 30.5 Å². The van der Waals surface area contributed by atoms with Crippen LogP contribution in [0.2, 0.25) is 0 Å². The van der Waals surface area contributed by atoms with Crippen LogP contribution in [0.15, 0.2) is 39.5 Å². The largest absolute Gasteiger partial charge is 0.467 e. The van der Waals surface area contributed by atoms with Gasteiger partial charge in [-0.2, -0.15) is 0 Å². The minimum absolute atomic E-state index is 0.192. The molecule has 0 atom stereocenters. The molecule has 0 unspecified atom stereocenters. The SMILES string of the molecule is Cc1cc(OCC(=O)OCC(=O)c2cc(C)n(Cc3ccco3)c2C)no1. The number of nitrogens with zero attached hydrogens (tertiary/aromatic N) is 2. The normalized spacial score (nSPS) is 10.8. The van der Waals surface area contributed by atoms with Gasteiger partial charge in [0.1, 0.15) is 11.5 Å². The van der Waals surface area contributed by atoms with Gasteiger partial charge in [0.05, 0.1) is 12.8 Å². The number of furan rings is 1. The van der Waals surface area contributed by atoms with Crippen molar-refractivity contribution in [3.8, 4) is 5.88 Å². The van der Waals surface area contributed by atoms with Gasteiger partial charge < -0.3 is 23.0 Å². The molecule has 3 rings (SSSR count). The predicted molar refractivity (Wildman–Crippen MR) is 93.7 cm³/mol. The monoisotopic (exact) mass is 372 g/mol. The maximum atomic E-state index is 12.4. The highest BCUT2D eigenvalue weighted by Crippen LogP contribution is 2.18. The molecule has 27 heavy (non-hydrogen) atoms. The highest BCUT2D eigenvalue weighted by molar-refractivity contribution is 5.99. The molecule has 3 heterocycles. The Kier molecular flexibility index (Phi) is 5.44. The van der Waals surface area contributed by atoms with Crippen molar-refractivity contribution in [2.24, 2.45) is 0 Å². The molecule has 0 radical (unpaired) electrons. The van der Waals surface area contributed by atoms with Crippen molar-refractivity contribution in [2.75, 3.05) is 13.2 Å². The third-order valence-electron chi connectivity index (χ3n) is 4.08. The summed E-state index contributed by atoms with van der Waals surface area (Å²) in [6.07, 6.45) is 1.61. The van der Waals surface area contributed by atoms with Crippen molar-refractivity contribution in [3.05, 3.63) is 59.0 Å². The second-order valence-corrected chi connectivity index (χ2v) is 6.10. The first-order chi connectivity index (χ1) is 12.9. The first kappa shape index (κ1) is 18.5. The summed E-state index contributed by atoms with van der Waals surface area (Å²) in [7, 11) is 0. The number of ether oxygens (including phenoxy) is 2. The van der Waals surface area contributed by atoms with Crippen LogP contribution in [0.25, 0.3) is 0 Å². The highest BCUT2D eigenvalue weighted by atomic mass is 16.6. The van der Waals surface area contributed by atoms with Crippen LogP contribution in [0.1, 0.15) is 33.3 Å². The minimum Gasteiger partial charge on any atom is -0.467 e. The molecular formula is C19H20N2O6. The fraction of sp³-hybridized carbons (Fsp3) is 0.316. The Morgan fingerprint density at radius 2 is 2.00 bits per heavy atom. The Bertz CT molecular complexity index is 936. The van der Waals surface area contributed by atoms with Gasteiger partial charge in [0, 0.05) is 23.0 Å². The van der Waals surface area contributed by atoms with Crippen LogP contribution < -0.4 is 4.74 Å². The Morgan fingerprint density at radius 3 is 2.67 bits per heavy atom. The third-order valence-corrected chi connectivity index (χ3v) is 4.08. The van der Waals surface area contributed by atoms with Crippen molar-refractivity contribution in [1.82, 2.24) is 9.72 Å². The molecule has 0 aliphatic heterocycles. The molecule has 0 aromatic carbocycles. The van der Waals surface area contributed by atoms with Gasteiger partial charge in [-0.1, -0.05) is 0 Å². The number of carbonyl (C=O) groups excluding carboxylic acids is 2. The van der Waals surface area contributed by atoms with E-state index in [4.69, 9.17) is 18.4 Å². The highest BCUT2D eigenvalue weighted by Gasteiger charge is 2.18. The number of aromatic nitrogens is 2. The zero-order valence-corrected chi connectivity index (χ0v) is 15.4. The molecule has 0 amide bonds. The molecule has 0 saturated heterocycles. The Balaban J connectivity index is 1.55. The van der Waals surface area contributed by atoms with Crippen molar-refractivity contribution < 1.29 is 28.0 Å². The second kappa shape index (κ2) is 7.94. The fourth-order valence-corrected chi connectivity index (χ4v) is 2.70. The van der Waals surface area contributed by atoms with Gasteiger partial charge in [-0.25, -0.2) is 4.79 Å². The molecule has 8 nitrogen and oxygen atoms in total. The standard InChI is InChI=1S/C19H20N2O6/c1-12-7-16(14(3)21(12)9-15-5-4-6-24-15)17(22)10-26-19(23)11-25-18-8-13(2)27-20-18/h4-8H,9-11H2,1-3H3. The van der Waals surface area contributed by atoms with Crippen molar-refractivity contribution in [1.29, 1.82) is 0 Å². The van der Waals surface area contributed by atoms with E-state index in [9.17, 15) is 9.59 Å². The number of esters is 1. The average Bonchev–Trinajstić information content (AvgIpc) is 3.36. The first-order valence-electron chi connectivity index (χ1n) is 8.38. The number of aryl methyl sites for hydroxylation is 2. The summed E-state index contributed by atoms with van der Waals surface area (Å²) in [6, 6.07) is 7.02. The van der Waals surface area contributed by atoms with Crippen LogP contribution in [0.4, 0.5) is 0 Å². The van der Waals surface area contributed by atoms with Gasteiger partial charge >= 0.3 is 5.97 Å². The third kappa shape index (κ3) is 4.46. The van der Waals surface area contributed by atoms with E-state index in [2.05, 4.69) is 5.16 Å². The van der Waals surface area contributed by atoms with E-state index in [-0.39, 0.29) is 24.9 Å².